The van der Waals surface area contributed by atoms with Gasteiger partial charge in [-0.1, -0.05) is 12.1 Å². The van der Waals surface area contributed by atoms with Gasteiger partial charge in [-0.2, -0.15) is 4.31 Å². The second kappa shape index (κ2) is 6.64. The predicted octanol–water partition coefficient (Wildman–Crippen LogP) is 0.0451. The summed E-state index contributed by atoms with van der Waals surface area (Å²) in [6, 6.07) is 5.69. The standard InChI is InChI=1S/C17H21N3O5S/c21-16(18-8-10-25-11-9-18)12-19-13-4-1-2-6-15(13)26(23,24)20-7-3-5-14(20)17(19)22/h1-2,4,6,14H,3,5,7-12H2/t14-/m1/s1. The molecule has 140 valence electrons. The molecule has 9 heteroatoms. The van der Waals surface area contributed by atoms with Crippen LogP contribution in [0.2, 0.25) is 0 Å². The number of benzene rings is 1. The first-order valence-electron chi connectivity index (χ1n) is 8.78. The van der Waals surface area contributed by atoms with Crippen LogP contribution in [-0.2, 0) is 24.3 Å². The summed E-state index contributed by atoms with van der Waals surface area (Å²) in [6.45, 7) is 2.09. The molecule has 1 aromatic rings. The first-order chi connectivity index (χ1) is 12.5. The van der Waals surface area contributed by atoms with Crippen LogP contribution >= 0.6 is 0 Å². The van der Waals surface area contributed by atoms with Crippen molar-refractivity contribution in [2.45, 2.75) is 23.8 Å². The number of sulfonamides is 1. The Kier molecular flexibility index (Phi) is 4.45. The third kappa shape index (κ3) is 2.80. The van der Waals surface area contributed by atoms with E-state index in [1.165, 1.54) is 15.3 Å². The number of amides is 2. The molecule has 3 aliphatic rings. The number of fused-ring (bicyclic) bond motifs is 2. The number of rotatable bonds is 2. The summed E-state index contributed by atoms with van der Waals surface area (Å²) in [6.07, 6.45) is 1.12. The van der Waals surface area contributed by atoms with Gasteiger partial charge in [0, 0.05) is 19.6 Å². The highest BCUT2D eigenvalue weighted by Gasteiger charge is 2.46. The molecule has 0 unspecified atom stereocenters. The van der Waals surface area contributed by atoms with Gasteiger partial charge in [0.1, 0.15) is 17.5 Å². The van der Waals surface area contributed by atoms with Gasteiger partial charge in [-0.15, -0.1) is 0 Å². The van der Waals surface area contributed by atoms with Crippen molar-refractivity contribution in [3.63, 3.8) is 0 Å². The number of morpholine rings is 1. The monoisotopic (exact) mass is 379 g/mol. The van der Waals surface area contributed by atoms with E-state index in [-0.39, 0.29) is 28.9 Å². The fraction of sp³-hybridized carbons (Fsp3) is 0.529. The molecule has 1 atom stereocenters. The Hall–Kier alpha value is -1.97. The summed E-state index contributed by atoms with van der Waals surface area (Å²) in [4.78, 5) is 28.9. The smallest absolute Gasteiger partial charge is 0.245 e. The van der Waals surface area contributed by atoms with Gasteiger partial charge in [0.05, 0.1) is 18.9 Å². The minimum atomic E-state index is -3.76. The Balaban J connectivity index is 1.72. The highest BCUT2D eigenvalue weighted by atomic mass is 32.2. The number of nitrogens with zero attached hydrogens (tertiary/aromatic N) is 3. The number of carbonyl (C=O) groups excluding carboxylic acids is 2. The van der Waals surface area contributed by atoms with Gasteiger partial charge in [-0.05, 0) is 25.0 Å². The van der Waals surface area contributed by atoms with Gasteiger partial charge in [-0.25, -0.2) is 8.42 Å². The summed E-state index contributed by atoms with van der Waals surface area (Å²) in [7, 11) is -3.76. The maximum Gasteiger partial charge on any atom is 0.245 e. The second-order valence-electron chi connectivity index (χ2n) is 6.66. The van der Waals surface area contributed by atoms with E-state index in [9.17, 15) is 18.0 Å². The van der Waals surface area contributed by atoms with E-state index in [1.807, 2.05) is 0 Å². The lowest BCUT2D eigenvalue weighted by Crippen LogP contribution is -2.50. The molecule has 2 fully saturated rings. The van der Waals surface area contributed by atoms with Crippen LogP contribution in [0.3, 0.4) is 0 Å². The third-order valence-corrected chi connectivity index (χ3v) is 7.11. The first kappa shape index (κ1) is 17.4. The normalized spacial score (nSPS) is 25.5. The molecule has 0 radical (unpaired) electrons. The van der Waals surface area contributed by atoms with E-state index in [4.69, 9.17) is 4.74 Å². The number of hydrogen-bond acceptors (Lipinski definition) is 5. The van der Waals surface area contributed by atoms with Gasteiger partial charge in [0.2, 0.25) is 21.8 Å². The lowest BCUT2D eigenvalue weighted by molar-refractivity contribution is -0.135. The maximum atomic E-state index is 13.1. The zero-order valence-corrected chi connectivity index (χ0v) is 15.2. The van der Waals surface area contributed by atoms with Crippen molar-refractivity contribution in [1.82, 2.24) is 9.21 Å². The Morgan fingerprint density at radius 3 is 2.65 bits per heavy atom. The molecular formula is C17H21N3O5S. The lowest BCUT2D eigenvalue weighted by atomic mass is 10.1. The van der Waals surface area contributed by atoms with Gasteiger partial charge >= 0.3 is 0 Å². The van der Waals surface area contributed by atoms with Crippen LogP contribution in [0.15, 0.2) is 29.2 Å². The highest BCUT2D eigenvalue weighted by Crippen LogP contribution is 2.37. The largest absolute Gasteiger partial charge is 0.378 e. The molecule has 26 heavy (non-hydrogen) atoms. The molecule has 0 saturated carbocycles. The van der Waals surface area contributed by atoms with E-state index in [0.29, 0.717) is 45.7 Å². The Morgan fingerprint density at radius 2 is 1.88 bits per heavy atom. The van der Waals surface area contributed by atoms with E-state index in [0.717, 1.165) is 0 Å². The van der Waals surface area contributed by atoms with Crippen LogP contribution in [-0.4, -0.2) is 74.9 Å². The SMILES string of the molecule is O=C(CN1C(=O)[C@H]2CCCN2S(=O)(=O)c2ccccc21)N1CCOCC1. The van der Waals surface area contributed by atoms with Crippen LogP contribution in [0.4, 0.5) is 5.69 Å². The fourth-order valence-electron chi connectivity index (χ4n) is 3.81. The molecule has 8 nitrogen and oxygen atoms in total. The van der Waals surface area contributed by atoms with E-state index >= 15 is 0 Å². The number of carbonyl (C=O) groups is 2. The van der Waals surface area contributed by atoms with Crippen molar-refractivity contribution in [2.75, 3.05) is 44.3 Å². The molecule has 1 aromatic carbocycles. The molecule has 2 amide bonds. The molecule has 4 rings (SSSR count). The van der Waals surface area contributed by atoms with Crippen LogP contribution in [0.25, 0.3) is 0 Å². The van der Waals surface area contributed by atoms with Crippen LogP contribution in [0, 0.1) is 0 Å². The number of para-hydroxylation sites is 1. The van der Waals surface area contributed by atoms with Crippen LogP contribution < -0.4 is 4.90 Å². The van der Waals surface area contributed by atoms with Crippen molar-refractivity contribution >= 4 is 27.5 Å². The van der Waals surface area contributed by atoms with Crippen molar-refractivity contribution in [1.29, 1.82) is 0 Å². The zero-order chi connectivity index (χ0) is 18.3. The Bertz CT molecular complexity index is 835. The molecule has 0 spiro atoms. The Labute approximate surface area is 152 Å². The summed E-state index contributed by atoms with van der Waals surface area (Å²) in [5, 5.41) is 0. The second-order valence-corrected chi connectivity index (χ2v) is 8.52. The summed E-state index contributed by atoms with van der Waals surface area (Å²) < 4.78 is 32.6. The van der Waals surface area contributed by atoms with E-state index in [2.05, 4.69) is 0 Å². The zero-order valence-electron chi connectivity index (χ0n) is 14.3. The highest BCUT2D eigenvalue weighted by molar-refractivity contribution is 7.89. The number of anilines is 1. The van der Waals surface area contributed by atoms with Gasteiger partial charge in [-0.3, -0.25) is 9.59 Å². The first-order valence-corrected chi connectivity index (χ1v) is 10.2. The van der Waals surface area contributed by atoms with Crippen molar-refractivity contribution < 1.29 is 22.7 Å². The molecule has 2 saturated heterocycles. The average molecular weight is 379 g/mol. The van der Waals surface area contributed by atoms with Gasteiger partial charge < -0.3 is 14.5 Å². The van der Waals surface area contributed by atoms with E-state index < -0.39 is 16.1 Å². The summed E-state index contributed by atoms with van der Waals surface area (Å²) in [5.74, 6) is -0.516. The summed E-state index contributed by atoms with van der Waals surface area (Å²) in [5.41, 5.74) is 0.286. The summed E-state index contributed by atoms with van der Waals surface area (Å²) >= 11 is 0. The molecule has 3 heterocycles. The van der Waals surface area contributed by atoms with Crippen molar-refractivity contribution in [3.8, 4) is 0 Å². The molecule has 0 aromatic heterocycles. The average Bonchev–Trinajstić information content (AvgIpc) is 3.15. The minimum Gasteiger partial charge on any atom is -0.378 e. The van der Waals surface area contributed by atoms with Gasteiger partial charge in [0.15, 0.2) is 0 Å². The minimum absolute atomic E-state index is 0.0903. The maximum absolute atomic E-state index is 13.1. The lowest BCUT2D eigenvalue weighted by Gasteiger charge is -2.30. The molecule has 0 bridgehead atoms. The van der Waals surface area contributed by atoms with Crippen LogP contribution in [0.5, 0.6) is 0 Å². The molecule has 0 aliphatic carbocycles. The number of ether oxygens (including phenoxy) is 1. The third-order valence-electron chi connectivity index (χ3n) is 5.15. The fourth-order valence-corrected chi connectivity index (χ4v) is 5.65. The van der Waals surface area contributed by atoms with E-state index in [1.54, 1.807) is 23.1 Å². The van der Waals surface area contributed by atoms with Crippen molar-refractivity contribution in [3.05, 3.63) is 24.3 Å². The van der Waals surface area contributed by atoms with Gasteiger partial charge in [0.25, 0.3) is 0 Å². The molecule has 0 N–H and O–H groups in total. The quantitative estimate of drug-likeness (QED) is 0.724. The Morgan fingerprint density at radius 1 is 1.15 bits per heavy atom. The number of hydrogen-bond donors (Lipinski definition) is 0. The molecule has 3 aliphatic heterocycles. The topological polar surface area (TPSA) is 87.2 Å². The van der Waals surface area contributed by atoms with Crippen LogP contribution in [0.1, 0.15) is 12.8 Å². The van der Waals surface area contributed by atoms with Crippen molar-refractivity contribution in [2.24, 2.45) is 0 Å². The molecular weight excluding hydrogens is 358 g/mol. The predicted molar refractivity (Wildman–Crippen MR) is 93.1 cm³/mol.